The molecule has 0 spiro atoms. The zero-order chi connectivity index (χ0) is 28.5. The number of amides is 1. The molecule has 0 aromatic heterocycles. The van der Waals surface area contributed by atoms with Gasteiger partial charge in [0.15, 0.2) is 5.71 Å². The van der Waals surface area contributed by atoms with E-state index >= 15 is 0 Å². The van der Waals surface area contributed by atoms with Crippen molar-refractivity contribution in [1.82, 2.24) is 5.32 Å². The second kappa shape index (κ2) is 13.7. The van der Waals surface area contributed by atoms with Gasteiger partial charge in [0.1, 0.15) is 32.2 Å². The molecule has 0 saturated heterocycles. The third-order valence-corrected chi connectivity index (χ3v) is 7.32. The Morgan fingerprint density at radius 1 is 0.846 bits per heavy atom. The maximum Gasteiger partial charge on any atom is 0.273 e. The largest absolute Gasteiger partial charge is 0.399 e. The fraction of sp³-hybridized carbons (Fsp3) is 0.419. The van der Waals surface area contributed by atoms with Crippen LogP contribution in [-0.2, 0) is 19.3 Å². The van der Waals surface area contributed by atoms with Crippen molar-refractivity contribution in [3.8, 4) is 0 Å². The van der Waals surface area contributed by atoms with Crippen molar-refractivity contribution < 1.29 is 19.3 Å². The van der Waals surface area contributed by atoms with E-state index in [1.807, 2.05) is 19.1 Å². The van der Waals surface area contributed by atoms with E-state index < -0.39 is 0 Å². The highest BCUT2D eigenvalue weighted by molar-refractivity contribution is 6.47. The van der Waals surface area contributed by atoms with E-state index in [0.717, 1.165) is 29.6 Å². The number of nitrogens with zero attached hydrogens (tertiary/aromatic N) is 3. The number of carbonyl (C=O) groups excluding carboxylic acids is 1. The predicted octanol–water partition coefficient (Wildman–Crippen LogP) is 6.12. The fourth-order valence-corrected chi connectivity index (χ4v) is 4.64. The third kappa shape index (κ3) is 7.34. The molecule has 0 aliphatic heterocycles. The summed E-state index contributed by atoms with van der Waals surface area (Å²) in [6.45, 7) is 10.6. The second-order valence-electron chi connectivity index (χ2n) is 10.0. The van der Waals surface area contributed by atoms with Crippen LogP contribution in [0.2, 0.25) is 0 Å². The van der Waals surface area contributed by atoms with Crippen LogP contribution >= 0.6 is 0 Å². The molecule has 1 amide bonds. The lowest BCUT2D eigenvalue weighted by molar-refractivity contribution is -0.114. The molecule has 0 saturated carbocycles. The zero-order valence-corrected chi connectivity index (χ0v) is 24.4. The summed E-state index contributed by atoms with van der Waals surface area (Å²) < 4.78 is 0. The Morgan fingerprint density at radius 3 is 2.08 bits per heavy atom. The SMILES string of the molecule is CNC(=O)/C(=N\OC)C1=C(CO/N=C(C)/C(=N\OC)c2ccc(C3=CCC(C)=C(C)C3)cc2)CC(C)=C(C)C1. The van der Waals surface area contributed by atoms with Gasteiger partial charge in [-0.2, -0.15) is 0 Å². The molecule has 39 heavy (non-hydrogen) atoms. The van der Waals surface area contributed by atoms with Gasteiger partial charge in [0.25, 0.3) is 5.91 Å². The quantitative estimate of drug-likeness (QED) is 0.223. The summed E-state index contributed by atoms with van der Waals surface area (Å²) in [4.78, 5) is 28.4. The Bertz CT molecular complexity index is 1310. The minimum atomic E-state index is -0.306. The molecule has 1 N–H and O–H groups in total. The normalized spacial score (nSPS) is 17.3. The number of carbonyl (C=O) groups is 1. The monoisotopic (exact) mass is 532 g/mol. The highest BCUT2D eigenvalue weighted by Gasteiger charge is 2.25. The lowest BCUT2D eigenvalue weighted by Gasteiger charge is -2.22. The van der Waals surface area contributed by atoms with Crippen molar-refractivity contribution in [3.63, 3.8) is 0 Å². The molecule has 0 radical (unpaired) electrons. The van der Waals surface area contributed by atoms with Crippen LogP contribution in [0.25, 0.3) is 5.57 Å². The Morgan fingerprint density at radius 2 is 1.46 bits per heavy atom. The van der Waals surface area contributed by atoms with Crippen molar-refractivity contribution in [1.29, 1.82) is 0 Å². The van der Waals surface area contributed by atoms with Gasteiger partial charge in [0.05, 0.1) is 0 Å². The first-order valence-electron chi connectivity index (χ1n) is 13.1. The van der Waals surface area contributed by atoms with Crippen molar-refractivity contribution in [2.75, 3.05) is 27.9 Å². The molecular formula is C31H40N4O4. The molecule has 8 nitrogen and oxygen atoms in total. The number of rotatable bonds is 10. The van der Waals surface area contributed by atoms with Gasteiger partial charge in [0.2, 0.25) is 0 Å². The second-order valence-corrected chi connectivity index (χ2v) is 10.0. The van der Waals surface area contributed by atoms with Crippen molar-refractivity contribution in [2.24, 2.45) is 15.5 Å². The molecule has 3 rings (SSSR count). The van der Waals surface area contributed by atoms with Crippen LogP contribution < -0.4 is 5.32 Å². The molecule has 2 aliphatic carbocycles. The molecule has 1 aromatic carbocycles. The summed E-state index contributed by atoms with van der Waals surface area (Å²) in [7, 11) is 4.51. The molecule has 8 heteroatoms. The average molecular weight is 533 g/mol. The summed E-state index contributed by atoms with van der Waals surface area (Å²) in [6, 6.07) is 8.28. The van der Waals surface area contributed by atoms with Gasteiger partial charge in [-0.1, -0.05) is 68.1 Å². The molecule has 0 fully saturated rings. The van der Waals surface area contributed by atoms with Gasteiger partial charge in [-0.05, 0) is 82.6 Å². The van der Waals surface area contributed by atoms with Crippen LogP contribution in [0.4, 0.5) is 0 Å². The Labute approximate surface area is 231 Å². The summed E-state index contributed by atoms with van der Waals surface area (Å²) >= 11 is 0. The highest BCUT2D eigenvalue weighted by atomic mass is 16.6. The van der Waals surface area contributed by atoms with Crippen LogP contribution in [0, 0.1) is 0 Å². The van der Waals surface area contributed by atoms with E-state index in [1.54, 1.807) is 7.05 Å². The van der Waals surface area contributed by atoms with Crippen molar-refractivity contribution >= 4 is 28.6 Å². The van der Waals surface area contributed by atoms with E-state index in [0.29, 0.717) is 24.3 Å². The van der Waals surface area contributed by atoms with Crippen molar-refractivity contribution in [3.05, 3.63) is 74.9 Å². The maximum absolute atomic E-state index is 12.5. The molecule has 1 aromatic rings. The molecule has 0 bridgehead atoms. The zero-order valence-electron chi connectivity index (χ0n) is 24.4. The molecular weight excluding hydrogens is 492 g/mol. The first-order chi connectivity index (χ1) is 18.7. The van der Waals surface area contributed by atoms with Crippen LogP contribution in [0.15, 0.2) is 79.2 Å². The molecule has 0 heterocycles. The Hall–Kier alpha value is -3.94. The minimum Gasteiger partial charge on any atom is -0.399 e. The van der Waals surface area contributed by atoms with Crippen molar-refractivity contribution in [2.45, 2.75) is 60.3 Å². The van der Waals surface area contributed by atoms with Crippen LogP contribution in [0.5, 0.6) is 0 Å². The maximum atomic E-state index is 12.5. The van der Waals surface area contributed by atoms with Gasteiger partial charge in [-0.15, -0.1) is 0 Å². The standard InChI is InChI=1S/C31H40N4O4/c1-19-9-10-26(15-20(19)2)24-11-13-25(14-12-24)29(34-37-7)23(5)33-39-18-27-16-21(3)22(4)17-28(27)30(35-38-8)31(36)32-6/h10-14H,9,15-18H2,1-8H3,(H,32,36)/b33-23+,34-29+,35-30-. The van der Waals surface area contributed by atoms with Crippen LogP contribution in [0.1, 0.15) is 71.4 Å². The Balaban J connectivity index is 1.80. The topological polar surface area (TPSA) is 93.9 Å². The molecule has 208 valence electrons. The van der Waals surface area contributed by atoms with Crippen LogP contribution in [0.3, 0.4) is 0 Å². The number of hydrogen-bond donors (Lipinski definition) is 1. The van der Waals surface area contributed by atoms with E-state index in [-0.39, 0.29) is 18.2 Å². The van der Waals surface area contributed by atoms with E-state index in [4.69, 9.17) is 14.5 Å². The molecule has 2 aliphatic rings. The van der Waals surface area contributed by atoms with E-state index in [9.17, 15) is 4.79 Å². The number of allylic oxidation sites excluding steroid dienone is 6. The molecule has 0 unspecified atom stereocenters. The van der Waals surface area contributed by atoms with E-state index in [1.165, 1.54) is 47.6 Å². The third-order valence-electron chi connectivity index (χ3n) is 7.32. The van der Waals surface area contributed by atoms with Gasteiger partial charge >= 0.3 is 0 Å². The average Bonchev–Trinajstić information content (AvgIpc) is 2.93. The number of nitrogens with one attached hydrogen (secondary N) is 1. The number of hydrogen-bond acceptors (Lipinski definition) is 7. The Kier molecular flexibility index (Phi) is 10.4. The van der Waals surface area contributed by atoms with Gasteiger partial charge in [0, 0.05) is 12.6 Å². The first kappa shape index (κ1) is 29.6. The van der Waals surface area contributed by atoms with Gasteiger partial charge < -0.3 is 19.8 Å². The number of benzene rings is 1. The smallest absolute Gasteiger partial charge is 0.273 e. The van der Waals surface area contributed by atoms with E-state index in [2.05, 4.69) is 66.7 Å². The predicted molar refractivity (Wildman–Crippen MR) is 158 cm³/mol. The number of oxime groups is 3. The van der Waals surface area contributed by atoms with Gasteiger partial charge in [-0.3, -0.25) is 4.79 Å². The lowest BCUT2D eigenvalue weighted by atomic mass is 9.85. The summed E-state index contributed by atoms with van der Waals surface area (Å²) in [6.07, 6.45) is 5.54. The minimum absolute atomic E-state index is 0.205. The summed E-state index contributed by atoms with van der Waals surface area (Å²) in [5, 5.41) is 15.2. The fourth-order valence-electron chi connectivity index (χ4n) is 4.64. The van der Waals surface area contributed by atoms with Gasteiger partial charge in [-0.25, -0.2) is 0 Å². The summed E-state index contributed by atoms with van der Waals surface area (Å²) in [5.41, 5.74) is 11.9. The van der Waals surface area contributed by atoms with Crippen LogP contribution in [-0.4, -0.2) is 50.9 Å². The first-order valence-corrected chi connectivity index (χ1v) is 13.1. The molecule has 0 atom stereocenters. The lowest BCUT2D eigenvalue weighted by Crippen LogP contribution is -2.31. The summed E-state index contributed by atoms with van der Waals surface area (Å²) in [5.74, 6) is -0.306. The highest BCUT2D eigenvalue weighted by Crippen LogP contribution is 2.32.